The van der Waals surface area contributed by atoms with E-state index >= 15 is 0 Å². The van der Waals surface area contributed by atoms with Crippen molar-refractivity contribution in [1.82, 2.24) is 30.4 Å². The zero-order chi connectivity index (χ0) is 20.6. The van der Waals surface area contributed by atoms with Crippen molar-refractivity contribution in [2.24, 2.45) is 0 Å². The summed E-state index contributed by atoms with van der Waals surface area (Å²) in [5, 5.41) is 0.547. The van der Waals surface area contributed by atoms with Crippen molar-refractivity contribution in [3.05, 3.63) is 17.7 Å². The molecule has 3 heterocycles. The normalized spacial score (nSPS) is 21.8. The van der Waals surface area contributed by atoms with Gasteiger partial charge < -0.3 is 9.47 Å². The summed E-state index contributed by atoms with van der Waals surface area (Å²) in [4.78, 5) is 41.9. The minimum atomic E-state index is -4.86. The topological polar surface area (TPSA) is 163 Å². The van der Waals surface area contributed by atoms with E-state index in [9.17, 15) is 22.8 Å². The number of aromatic nitrogens is 2. The number of hydroxylamine groups is 2. The molecule has 0 spiro atoms. The Morgan fingerprint density at radius 2 is 2.04 bits per heavy atom. The maximum atomic E-state index is 12.4. The second-order valence-electron chi connectivity index (χ2n) is 6.58. The third kappa shape index (κ3) is 4.07. The lowest BCUT2D eigenvalue weighted by molar-refractivity contribution is -0.132. The first kappa shape index (κ1) is 20.0. The van der Waals surface area contributed by atoms with Gasteiger partial charge in [-0.05, 0) is 26.7 Å². The number of carbonyl (C=O) groups excluding carboxylic acids is 3. The van der Waals surface area contributed by atoms with Crippen LogP contribution in [-0.4, -0.2) is 69.0 Å². The van der Waals surface area contributed by atoms with Crippen LogP contribution in [0.15, 0.2) is 6.20 Å². The molecule has 2 aliphatic heterocycles. The van der Waals surface area contributed by atoms with Gasteiger partial charge in [-0.15, -0.1) is 4.28 Å². The Labute approximate surface area is 160 Å². The Kier molecular flexibility index (Phi) is 5.27. The number of urea groups is 1. The number of amides is 4. The van der Waals surface area contributed by atoms with Crippen LogP contribution in [0.3, 0.4) is 0 Å². The molecular formula is C14H20N6O7S. The minimum Gasteiger partial charge on any atom is -0.323 e. The van der Waals surface area contributed by atoms with Crippen LogP contribution in [-0.2, 0) is 30.8 Å². The molecule has 2 bridgehead atoms. The van der Waals surface area contributed by atoms with Gasteiger partial charge in [0.2, 0.25) is 0 Å². The summed E-state index contributed by atoms with van der Waals surface area (Å²) in [5.41, 5.74) is 5.36. The van der Waals surface area contributed by atoms with Gasteiger partial charge in [-0.3, -0.25) is 25.0 Å². The van der Waals surface area contributed by atoms with E-state index in [0.29, 0.717) is 10.9 Å². The van der Waals surface area contributed by atoms with Gasteiger partial charge in [0.25, 0.3) is 11.8 Å². The molecule has 3 rings (SSSR count). The second kappa shape index (κ2) is 7.37. The molecule has 2 atom stereocenters. The Morgan fingerprint density at radius 1 is 1.32 bits per heavy atom. The fourth-order valence-electron chi connectivity index (χ4n) is 3.32. The predicted molar refractivity (Wildman–Crippen MR) is 91.4 cm³/mol. The van der Waals surface area contributed by atoms with Crippen molar-refractivity contribution in [1.29, 1.82) is 0 Å². The number of nitrogens with zero attached hydrogens (tertiary/aromatic N) is 4. The molecule has 0 aliphatic carbocycles. The molecule has 2 aliphatic rings. The fourth-order valence-corrected chi connectivity index (χ4v) is 3.71. The van der Waals surface area contributed by atoms with Crippen LogP contribution in [0.2, 0.25) is 0 Å². The monoisotopic (exact) mass is 416 g/mol. The van der Waals surface area contributed by atoms with Crippen molar-refractivity contribution in [3.63, 3.8) is 0 Å². The van der Waals surface area contributed by atoms with Crippen LogP contribution in [0.25, 0.3) is 0 Å². The van der Waals surface area contributed by atoms with Gasteiger partial charge in [0.15, 0.2) is 0 Å². The van der Waals surface area contributed by atoms with Crippen LogP contribution in [0.1, 0.15) is 24.4 Å². The van der Waals surface area contributed by atoms with Gasteiger partial charge >= 0.3 is 16.4 Å². The average molecular weight is 416 g/mol. The van der Waals surface area contributed by atoms with Crippen LogP contribution in [0.5, 0.6) is 0 Å². The van der Waals surface area contributed by atoms with Crippen LogP contribution < -0.4 is 10.9 Å². The number of rotatable bonds is 5. The Bertz CT molecular complexity index is 894. The van der Waals surface area contributed by atoms with Crippen LogP contribution >= 0.6 is 0 Å². The molecule has 2 saturated heterocycles. The Balaban J connectivity index is 1.57. The van der Waals surface area contributed by atoms with E-state index in [-0.39, 0.29) is 25.9 Å². The molecule has 28 heavy (non-hydrogen) atoms. The van der Waals surface area contributed by atoms with E-state index in [1.165, 1.54) is 0 Å². The first-order valence-corrected chi connectivity index (χ1v) is 9.77. The predicted octanol–water partition coefficient (Wildman–Crippen LogP) is -1.35. The molecule has 154 valence electrons. The van der Waals surface area contributed by atoms with Crippen molar-refractivity contribution in [3.8, 4) is 0 Å². The summed E-state index contributed by atoms with van der Waals surface area (Å²) in [7, 11) is -4.86. The summed E-state index contributed by atoms with van der Waals surface area (Å²) in [6, 6.07) is -2.35. The average Bonchev–Trinajstić information content (AvgIpc) is 3.05. The lowest BCUT2D eigenvalue weighted by Crippen LogP contribution is -2.54. The van der Waals surface area contributed by atoms with Gasteiger partial charge in [0.1, 0.15) is 18.4 Å². The molecular weight excluding hydrogens is 396 g/mol. The second-order valence-corrected chi connectivity index (χ2v) is 7.58. The maximum absolute atomic E-state index is 12.4. The highest BCUT2D eigenvalue weighted by Crippen LogP contribution is 2.30. The largest absolute Gasteiger partial charge is 0.418 e. The van der Waals surface area contributed by atoms with Gasteiger partial charge in [-0.1, -0.05) is 0 Å². The van der Waals surface area contributed by atoms with Crippen molar-refractivity contribution in [2.45, 2.75) is 45.3 Å². The van der Waals surface area contributed by atoms with E-state index in [1.807, 2.05) is 0 Å². The lowest BCUT2D eigenvalue weighted by Gasteiger charge is -2.29. The van der Waals surface area contributed by atoms with Gasteiger partial charge in [0, 0.05) is 18.4 Å². The maximum Gasteiger partial charge on any atom is 0.418 e. The number of hydrogen-bond acceptors (Lipinski definition) is 7. The van der Waals surface area contributed by atoms with Crippen molar-refractivity contribution in [2.75, 3.05) is 6.54 Å². The number of piperidine rings is 1. The highest BCUT2D eigenvalue weighted by Gasteiger charge is 2.49. The number of aryl methyl sites for hydroxylation is 2. The molecule has 0 aromatic carbocycles. The molecule has 1 aromatic heterocycles. The molecule has 1 aromatic rings. The SMILES string of the molecule is Cc1cnc(C)n1CC(=O)NNC(=O)[C@@H]1CC[C@@H]2CN1C(=O)N2OS(=O)(=O)O. The summed E-state index contributed by atoms with van der Waals surface area (Å²) in [6.45, 7) is 3.57. The van der Waals surface area contributed by atoms with Gasteiger partial charge in [-0.2, -0.15) is 13.5 Å². The van der Waals surface area contributed by atoms with E-state index in [0.717, 1.165) is 10.6 Å². The Morgan fingerprint density at radius 3 is 2.64 bits per heavy atom. The molecule has 0 radical (unpaired) electrons. The standard InChI is InChI=1S/C14H20N6O7S/c1-8-5-15-9(2)18(8)7-12(21)16-17-13(22)11-4-3-10-6-19(11)14(23)20(10)27-28(24,25)26/h5,10-11H,3-4,6-7H2,1-2H3,(H,16,21)(H,17,22)(H,24,25,26)/t10-,11+/m1/s1. The highest BCUT2D eigenvalue weighted by atomic mass is 32.3. The van der Waals surface area contributed by atoms with Gasteiger partial charge in [-0.25, -0.2) is 9.78 Å². The summed E-state index contributed by atoms with van der Waals surface area (Å²) < 4.78 is 36.5. The highest BCUT2D eigenvalue weighted by molar-refractivity contribution is 7.80. The van der Waals surface area contributed by atoms with Gasteiger partial charge in [0.05, 0.1) is 6.04 Å². The third-order valence-electron chi connectivity index (χ3n) is 4.68. The molecule has 14 heteroatoms. The van der Waals surface area contributed by atoms with Crippen molar-refractivity contribution >= 4 is 28.2 Å². The number of imidazole rings is 1. The molecule has 2 fully saturated rings. The number of hydrogen-bond donors (Lipinski definition) is 3. The quantitative estimate of drug-likeness (QED) is 0.392. The minimum absolute atomic E-state index is 0.0384. The number of nitrogens with one attached hydrogen (secondary N) is 2. The molecule has 4 amide bonds. The smallest absolute Gasteiger partial charge is 0.323 e. The van der Waals surface area contributed by atoms with Crippen LogP contribution in [0.4, 0.5) is 4.79 Å². The summed E-state index contributed by atoms with van der Waals surface area (Å²) >= 11 is 0. The third-order valence-corrected chi connectivity index (χ3v) is 5.03. The first-order valence-electron chi connectivity index (χ1n) is 8.41. The zero-order valence-electron chi connectivity index (χ0n) is 15.2. The lowest BCUT2D eigenvalue weighted by atomic mass is 10.0. The van der Waals surface area contributed by atoms with E-state index < -0.39 is 40.3 Å². The molecule has 0 unspecified atom stereocenters. The summed E-state index contributed by atoms with van der Waals surface area (Å²) in [5.74, 6) is -0.442. The van der Waals surface area contributed by atoms with E-state index in [2.05, 4.69) is 20.1 Å². The summed E-state index contributed by atoms with van der Waals surface area (Å²) in [6.07, 6.45) is 2.15. The fraction of sp³-hybridized carbons (Fsp3) is 0.571. The molecule has 3 N–H and O–H groups in total. The zero-order valence-corrected chi connectivity index (χ0v) is 16.0. The van der Waals surface area contributed by atoms with E-state index in [1.54, 1.807) is 24.6 Å². The number of carbonyl (C=O) groups is 3. The number of hydrazine groups is 1. The first-order chi connectivity index (χ1) is 13.1. The number of fused-ring (bicyclic) bond motifs is 2. The van der Waals surface area contributed by atoms with Crippen molar-refractivity contribution < 1.29 is 31.6 Å². The Hall–Kier alpha value is -2.71. The molecule has 13 nitrogen and oxygen atoms in total. The van der Waals surface area contributed by atoms with Crippen LogP contribution in [0, 0.1) is 13.8 Å². The van der Waals surface area contributed by atoms with E-state index in [4.69, 9.17) is 4.55 Å². The molecule has 0 saturated carbocycles.